The van der Waals surface area contributed by atoms with Gasteiger partial charge in [-0.3, -0.25) is 9.59 Å². The van der Waals surface area contributed by atoms with Crippen molar-refractivity contribution in [3.63, 3.8) is 0 Å². The lowest BCUT2D eigenvalue weighted by atomic mass is 10.1. The average molecular weight is 348 g/mol. The Morgan fingerprint density at radius 2 is 2.17 bits per heavy atom. The van der Waals surface area contributed by atoms with E-state index in [2.05, 4.69) is 10.5 Å². The molecule has 1 saturated heterocycles. The highest BCUT2D eigenvalue weighted by Gasteiger charge is 2.20. The Hall–Kier alpha value is -2.34. The van der Waals surface area contributed by atoms with Crippen LogP contribution in [-0.4, -0.2) is 35.0 Å². The van der Waals surface area contributed by atoms with E-state index in [0.717, 1.165) is 18.4 Å². The zero-order valence-corrected chi connectivity index (χ0v) is 13.9. The molecule has 6 nitrogen and oxygen atoms in total. The van der Waals surface area contributed by atoms with Crippen LogP contribution in [0.5, 0.6) is 0 Å². The van der Waals surface area contributed by atoms with Crippen molar-refractivity contribution in [2.75, 3.05) is 13.1 Å². The maximum absolute atomic E-state index is 12.0. The largest absolute Gasteiger partial charge is 0.359 e. The highest BCUT2D eigenvalue weighted by molar-refractivity contribution is 6.33. The number of rotatable bonds is 5. The number of benzene rings is 1. The second-order valence-electron chi connectivity index (χ2n) is 5.71. The van der Waals surface area contributed by atoms with E-state index in [1.54, 1.807) is 17.0 Å². The molecule has 0 aliphatic carbocycles. The standard InChI is InChI=1S/C17H18ClN3O3/c18-14-6-2-1-5-13(14)15-9-12(24-20-15)10-19-16(22)11-21-8-4-3-7-17(21)23/h1-2,5-6,9H,3-4,7-8,10-11H2,(H,19,22). The maximum atomic E-state index is 12.0. The predicted octanol–water partition coefficient (Wildman–Crippen LogP) is 2.62. The van der Waals surface area contributed by atoms with Crippen molar-refractivity contribution < 1.29 is 14.1 Å². The van der Waals surface area contributed by atoms with Crippen molar-refractivity contribution in [1.82, 2.24) is 15.4 Å². The minimum Gasteiger partial charge on any atom is -0.359 e. The van der Waals surface area contributed by atoms with Crippen LogP contribution < -0.4 is 5.32 Å². The van der Waals surface area contributed by atoms with Crippen LogP contribution in [0.1, 0.15) is 25.0 Å². The molecule has 1 aromatic heterocycles. The van der Waals surface area contributed by atoms with Crippen LogP contribution in [0, 0.1) is 0 Å². The SMILES string of the molecule is O=C(CN1CCCCC1=O)NCc1cc(-c2ccccc2Cl)no1. The number of halogens is 1. The number of nitrogens with zero attached hydrogens (tertiary/aromatic N) is 2. The van der Waals surface area contributed by atoms with E-state index in [1.807, 2.05) is 18.2 Å². The molecule has 3 rings (SSSR count). The summed E-state index contributed by atoms with van der Waals surface area (Å²) in [5, 5.41) is 7.31. The van der Waals surface area contributed by atoms with E-state index in [-0.39, 0.29) is 24.9 Å². The zero-order valence-electron chi connectivity index (χ0n) is 13.1. The smallest absolute Gasteiger partial charge is 0.240 e. The van der Waals surface area contributed by atoms with Gasteiger partial charge < -0.3 is 14.7 Å². The number of nitrogens with one attached hydrogen (secondary N) is 1. The lowest BCUT2D eigenvalue weighted by Gasteiger charge is -2.25. The third kappa shape index (κ3) is 3.94. The molecule has 1 fully saturated rings. The minimum atomic E-state index is -0.207. The van der Waals surface area contributed by atoms with Gasteiger partial charge in [-0.05, 0) is 18.9 Å². The molecule has 7 heteroatoms. The third-order valence-electron chi connectivity index (χ3n) is 3.92. The molecule has 2 aromatic rings. The molecule has 0 bridgehead atoms. The van der Waals surface area contributed by atoms with Gasteiger partial charge in [-0.2, -0.15) is 0 Å². The molecule has 2 amide bonds. The first-order chi connectivity index (χ1) is 11.6. The summed E-state index contributed by atoms with van der Waals surface area (Å²) in [6, 6.07) is 9.09. The predicted molar refractivity (Wildman–Crippen MR) is 89.2 cm³/mol. The van der Waals surface area contributed by atoms with Crippen molar-refractivity contribution in [2.45, 2.75) is 25.8 Å². The Bertz CT molecular complexity index is 744. The van der Waals surface area contributed by atoms with E-state index in [0.29, 0.717) is 29.4 Å². The average Bonchev–Trinajstić information content (AvgIpc) is 3.04. The Labute approximate surface area is 144 Å². The van der Waals surface area contributed by atoms with Gasteiger partial charge in [-0.1, -0.05) is 35.0 Å². The summed E-state index contributed by atoms with van der Waals surface area (Å²) < 4.78 is 5.23. The highest BCUT2D eigenvalue weighted by Crippen LogP contribution is 2.26. The summed E-state index contributed by atoms with van der Waals surface area (Å²) in [4.78, 5) is 25.3. The maximum Gasteiger partial charge on any atom is 0.240 e. The number of aromatic nitrogens is 1. The summed E-state index contributed by atoms with van der Waals surface area (Å²) in [7, 11) is 0. The van der Waals surface area contributed by atoms with Gasteiger partial charge in [0.05, 0.1) is 18.1 Å². The fourth-order valence-electron chi connectivity index (χ4n) is 2.64. The van der Waals surface area contributed by atoms with Crippen LogP contribution in [0.2, 0.25) is 5.02 Å². The lowest BCUT2D eigenvalue weighted by Crippen LogP contribution is -2.42. The van der Waals surface area contributed by atoms with Crippen LogP contribution in [-0.2, 0) is 16.1 Å². The topological polar surface area (TPSA) is 75.4 Å². The van der Waals surface area contributed by atoms with Crippen molar-refractivity contribution in [3.05, 3.63) is 41.1 Å². The monoisotopic (exact) mass is 347 g/mol. The molecule has 24 heavy (non-hydrogen) atoms. The summed E-state index contributed by atoms with van der Waals surface area (Å²) in [5.74, 6) is 0.362. The van der Waals surface area contributed by atoms with E-state index < -0.39 is 0 Å². The van der Waals surface area contributed by atoms with Crippen LogP contribution >= 0.6 is 11.6 Å². The van der Waals surface area contributed by atoms with E-state index >= 15 is 0 Å². The lowest BCUT2D eigenvalue weighted by molar-refractivity contribution is -0.137. The number of amides is 2. The molecule has 1 N–H and O–H groups in total. The van der Waals surface area contributed by atoms with Gasteiger partial charge in [0.1, 0.15) is 5.69 Å². The molecule has 0 atom stereocenters. The first-order valence-electron chi connectivity index (χ1n) is 7.88. The van der Waals surface area contributed by atoms with Crippen LogP contribution in [0.3, 0.4) is 0 Å². The van der Waals surface area contributed by atoms with E-state index in [1.165, 1.54) is 0 Å². The minimum absolute atomic E-state index is 0.0390. The van der Waals surface area contributed by atoms with Crippen molar-refractivity contribution in [1.29, 1.82) is 0 Å². The van der Waals surface area contributed by atoms with Crippen molar-refractivity contribution in [3.8, 4) is 11.3 Å². The number of carbonyl (C=O) groups excluding carboxylic acids is 2. The molecular weight excluding hydrogens is 330 g/mol. The highest BCUT2D eigenvalue weighted by atomic mass is 35.5. The summed E-state index contributed by atoms with van der Waals surface area (Å²) in [6.07, 6.45) is 2.37. The van der Waals surface area contributed by atoms with Crippen LogP contribution in [0.15, 0.2) is 34.9 Å². The van der Waals surface area contributed by atoms with Crippen LogP contribution in [0.4, 0.5) is 0 Å². The van der Waals surface area contributed by atoms with E-state index in [4.69, 9.17) is 16.1 Å². The number of carbonyl (C=O) groups is 2. The second kappa shape index (κ2) is 7.49. The molecule has 1 aromatic carbocycles. The Balaban J connectivity index is 1.55. The number of hydrogen-bond donors (Lipinski definition) is 1. The first kappa shape index (κ1) is 16.5. The van der Waals surface area contributed by atoms with Gasteiger partial charge in [0.15, 0.2) is 5.76 Å². The fraction of sp³-hybridized carbons (Fsp3) is 0.353. The Kier molecular flexibility index (Phi) is 5.15. The first-order valence-corrected chi connectivity index (χ1v) is 8.26. The molecule has 1 aliphatic rings. The van der Waals surface area contributed by atoms with E-state index in [9.17, 15) is 9.59 Å². The van der Waals surface area contributed by atoms with Gasteiger partial charge in [-0.25, -0.2) is 0 Å². The fourth-order valence-corrected chi connectivity index (χ4v) is 2.87. The molecule has 2 heterocycles. The Morgan fingerprint density at radius 3 is 2.96 bits per heavy atom. The third-order valence-corrected chi connectivity index (χ3v) is 4.25. The van der Waals surface area contributed by atoms with Gasteiger partial charge in [0, 0.05) is 24.6 Å². The molecule has 0 radical (unpaired) electrons. The molecule has 126 valence electrons. The zero-order chi connectivity index (χ0) is 16.9. The molecule has 1 aliphatic heterocycles. The molecular formula is C17H18ClN3O3. The van der Waals surface area contributed by atoms with Gasteiger partial charge in [0.2, 0.25) is 11.8 Å². The Morgan fingerprint density at radius 1 is 1.33 bits per heavy atom. The summed E-state index contributed by atoms with van der Waals surface area (Å²) in [5.41, 5.74) is 1.40. The second-order valence-corrected chi connectivity index (χ2v) is 6.11. The van der Waals surface area contributed by atoms with Crippen molar-refractivity contribution in [2.24, 2.45) is 0 Å². The van der Waals surface area contributed by atoms with Gasteiger partial charge in [-0.15, -0.1) is 0 Å². The quantitative estimate of drug-likeness (QED) is 0.902. The number of hydrogen-bond acceptors (Lipinski definition) is 4. The number of likely N-dealkylation sites (tertiary alicyclic amines) is 1. The summed E-state index contributed by atoms with van der Waals surface area (Å²) >= 11 is 6.13. The molecule has 0 saturated carbocycles. The number of piperidine rings is 1. The van der Waals surface area contributed by atoms with Crippen LogP contribution in [0.25, 0.3) is 11.3 Å². The normalized spacial score (nSPS) is 14.7. The van der Waals surface area contributed by atoms with Gasteiger partial charge in [0.25, 0.3) is 0 Å². The van der Waals surface area contributed by atoms with Gasteiger partial charge >= 0.3 is 0 Å². The van der Waals surface area contributed by atoms with Crippen molar-refractivity contribution >= 4 is 23.4 Å². The summed E-state index contributed by atoms with van der Waals surface area (Å²) in [6.45, 7) is 0.952. The molecule has 0 spiro atoms. The molecule has 0 unspecified atom stereocenters.